The second-order valence-electron chi connectivity index (χ2n) is 3.29. The summed E-state index contributed by atoms with van der Waals surface area (Å²) in [5, 5.41) is 0.638. The van der Waals surface area contributed by atoms with Crippen LogP contribution in [0.25, 0.3) is 11.4 Å². The Morgan fingerprint density at radius 3 is 3.06 bits per heavy atom. The number of rotatable bonds is 4. The van der Waals surface area contributed by atoms with E-state index in [0.29, 0.717) is 5.02 Å². The van der Waals surface area contributed by atoms with Crippen molar-refractivity contribution in [3.8, 4) is 11.4 Å². The fourth-order valence-electron chi connectivity index (χ4n) is 1.48. The number of thioether (sulfide) groups is 1. The molecule has 0 unspecified atom stereocenters. The van der Waals surface area contributed by atoms with E-state index < -0.39 is 0 Å². The van der Waals surface area contributed by atoms with Crippen molar-refractivity contribution in [1.29, 1.82) is 0 Å². The molecule has 0 N–H and O–H groups in total. The zero-order chi connectivity index (χ0) is 11.4. The predicted molar refractivity (Wildman–Crippen MR) is 68.9 cm³/mol. The molecule has 0 aliphatic rings. The van der Waals surface area contributed by atoms with E-state index >= 15 is 0 Å². The molecule has 0 amide bonds. The highest BCUT2D eigenvalue weighted by atomic mass is 35.5. The van der Waals surface area contributed by atoms with Crippen LogP contribution in [0.3, 0.4) is 0 Å². The van der Waals surface area contributed by atoms with Crippen molar-refractivity contribution in [2.24, 2.45) is 0 Å². The lowest BCUT2D eigenvalue weighted by molar-refractivity contribution is 0.780. The molecule has 0 spiro atoms. The van der Waals surface area contributed by atoms with Crippen LogP contribution in [0.2, 0.25) is 5.02 Å². The average molecular weight is 254 g/mol. The van der Waals surface area contributed by atoms with Gasteiger partial charge in [0.1, 0.15) is 5.82 Å². The Hall–Kier alpha value is -1.00. The first-order valence-corrected chi connectivity index (χ1v) is 6.70. The summed E-state index contributed by atoms with van der Waals surface area (Å²) in [6.07, 6.45) is 9.24. The highest BCUT2D eigenvalue weighted by molar-refractivity contribution is 7.98. The first kappa shape index (κ1) is 11.5. The molecular formula is C11H12ClN3S. The smallest absolute Gasteiger partial charge is 0.141 e. The number of hydrogen-bond acceptors (Lipinski definition) is 3. The van der Waals surface area contributed by atoms with Gasteiger partial charge in [-0.25, -0.2) is 4.98 Å². The van der Waals surface area contributed by atoms with Crippen molar-refractivity contribution in [3.05, 3.63) is 35.9 Å². The van der Waals surface area contributed by atoms with Crippen LogP contribution in [0.15, 0.2) is 30.9 Å². The maximum atomic E-state index is 6.10. The highest BCUT2D eigenvalue weighted by Crippen LogP contribution is 2.25. The van der Waals surface area contributed by atoms with Gasteiger partial charge in [0.25, 0.3) is 0 Å². The van der Waals surface area contributed by atoms with E-state index in [2.05, 4.69) is 20.8 Å². The summed E-state index contributed by atoms with van der Waals surface area (Å²) in [5.41, 5.74) is 0.933. The van der Waals surface area contributed by atoms with Gasteiger partial charge in [-0.2, -0.15) is 11.8 Å². The normalized spacial score (nSPS) is 10.6. The largest absolute Gasteiger partial charge is 0.330 e. The van der Waals surface area contributed by atoms with Gasteiger partial charge in [-0.1, -0.05) is 11.6 Å². The van der Waals surface area contributed by atoms with Gasteiger partial charge in [0, 0.05) is 42.6 Å². The molecule has 2 aromatic heterocycles. The van der Waals surface area contributed by atoms with E-state index in [9.17, 15) is 0 Å². The Morgan fingerprint density at radius 2 is 2.31 bits per heavy atom. The lowest BCUT2D eigenvalue weighted by Crippen LogP contribution is -2.01. The van der Waals surface area contributed by atoms with Crippen molar-refractivity contribution in [1.82, 2.24) is 14.5 Å². The lowest BCUT2D eigenvalue weighted by Gasteiger charge is -2.07. The number of imidazole rings is 1. The molecule has 0 aromatic carbocycles. The molecule has 0 fully saturated rings. The second-order valence-corrected chi connectivity index (χ2v) is 4.69. The molecule has 0 bridgehead atoms. The maximum absolute atomic E-state index is 6.10. The van der Waals surface area contributed by atoms with Crippen LogP contribution in [0.5, 0.6) is 0 Å². The van der Waals surface area contributed by atoms with E-state index in [1.54, 1.807) is 18.6 Å². The number of nitrogens with zero attached hydrogens (tertiary/aromatic N) is 3. The van der Waals surface area contributed by atoms with E-state index in [1.807, 2.05) is 24.0 Å². The van der Waals surface area contributed by atoms with E-state index in [1.165, 1.54) is 0 Å². The van der Waals surface area contributed by atoms with Gasteiger partial charge in [-0.3, -0.25) is 4.98 Å². The van der Waals surface area contributed by atoms with Gasteiger partial charge in [-0.15, -0.1) is 0 Å². The summed E-state index contributed by atoms with van der Waals surface area (Å²) in [6.45, 7) is 0.940. The zero-order valence-electron chi connectivity index (χ0n) is 8.93. The molecule has 0 atom stereocenters. The Bertz CT molecular complexity index is 470. The van der Waals surface area contributed by atoms with Crippen molar-refractivity contribution < 1.29 is 0 Å². The molecule has 0 aliphatic carbocycles. The van der Waals surface area contributed by atoms with Crippen LogP contribution >= 0.6 is 23.4 Å². The number of pyridine rings is 1. The summed E-state index contributed by atoms with van der Waals surface area (Å²) in [7, 11) is 0. The Kier molecular flexibility index (Phi) is 3.85. The summed E-state index contributed by atoms with van der Waals surface area (Å²) in [4.78, 5) is 8.32. The highest BCUT2D eigenvalue weighted by Gasteiger charge is 2.08. The van der Waals surface area contributed by atoms with E-state index in [0.717, 1.165) is 23.7 Å². The third-order valence-corrected chi connectivity index (χ3v) is 3.16. The van der Waals surface area contributed by atoms with Crippen LogP contribution in [0.4, 0.5) is 0 Å². The molecule has 2 heterocycles. The first-order chi connectivity index (χ1) is 7.83. The molecule has 5 heteroatoms. The summed E-state index contributed by atoms with van der Waals surface area (Å²) in [6, 6.07) is 1.89. The molecule has 0 saturated heterocycles. The van der Waals surface area contributed by atoms with Crippen LogP contribution < -0.4 is 0 Å². The summed E-state index contributed by atoms with van der Waals surface area (Å²) in [5.74, 6) is 1.97. The van der Waals surface area contributed by atoms with Gasteiger partial charge >= 0.3 is 0 Å². The van der Waals surface area contributed by atoms with E-state index in [-0.39, 0.29) is 0 Å². The minimum atomic E-state index is 0.638. The second kappa shape index (κ2) is 5.37. The SMILES string of the molecule is CSCCn1ccnc1-c1ccncc1Cl. The molecule has 84 valence electrons. The zero-order valence-corrected chi connectivity index (χ0v) is 10.5. The van der Waals surface area contributed by atoms with Crippen molar-refractivity contribution in [2.75, 3.05) is 12.0 Å². The van der Waals surface area contributed by atoms with Gasteiger partial charge in [0.15, 0.2) is 0 Å². The van der Waals surface area contributed by atoms with Gasteiger partial charge in [-0.05, 0) is 12.3 Å². The first-order valence-electron chi connectivity index (χ1n) is 4.93. The number of aryl methyl sites for hydroxylation is 1. The Labute approximate surface area is 104 Å². The fourth-order valence-corrected chi connectivity index (χ4v) is 2.06. The summed E-state index contributed by atoms with van der Waals surface area (Å²) < 4.78 is 2.11. The molecule has 2 aromatic rings. The van der Waals surface area contributed by atoms with Gasteiger partial charge < -0.3 is 4.57 Å². The van der Waals surface area contributed by atoms with Crippen LogP contribution in [-0.2, 0) is 6.54 Å². The lowest BCUT2D eigenvalue weighted by atomic mass is 10.2. The Morgan fingerprint density at radius 1 is 1.44 bits per heavy atom. The topological polar surface area (TPSA) is 30.7 Å². The number of hydrogen-bond donors (Lipinski definition) is 0. The molecule has 3 nitrogen and oxygen atoms in total. The Balaban J connectivity index is 2.33. The van der Waals surface area contributed by atoms with Crippen LogP contribution in [0, 0.1) is 0 Å². The molecular weight excluding hydrogens is 242 g/mol. The number of aromatic nitrogens is 3. The quantitative estimate of drug-likeness (QED) is 0.839. The minimum Gasteiger partial charge on any atom is -0.330 e. The monoisotopic (exact) mass is 253 g/mol. The van der Waals surface area contributed by atoms with Gasteiger partial charge in [0.05, 0.1) is 5.02 Å². The molecule has 0 aliphatic heterocycles. The van der Waals surface area contributed by atoms with Gasteiger partial charge in [0.2, 0.25) is 0 Å². The molecule has 2 rings (SSSR count). The van der Waals surface area contributed by atoms with Crippen molar-refractivity contribution in [2.45, 2.75) is 6.54 Å². The van der Waals surface area contributed by atoms with Crippen molar-refractivity contribution in [3.63, 3.8) is 0 Å². The fraction of sp³-hybridized carbons (Fsp3) is 0.273. The number of halogens is 1. The third-order valence-electron chi connectivity index (χ3n) is 2.27. The minimum absolute atomic E-state index is 0.638. The standard InChI is InChI=1S/C11H12ClN3S/c1-16-7-6-15-5-4-14-11(15)9-2-3-13-8-10(9)12/h2-5,8H,6-7H2,1H3. The molecule has 0 radical (unpaired) electrons. The van der Waals surface area contributed by atoms with Crippen LogP contribution in [0.1, 0.15) is 0 Å². The van der Waals surface area contributed by atoms with Crippen LogP contribution in [-0.4, -0.2) is 26.5 Å². The summed E-state index contributed by atoms with van der Waals surface area (Å²) >= 11 is 7.91. The van der Waals surface area contributed by atoms with Crippen molar-refractivity contribution >= 4 is 23.4 Å². The van der Waals surface area contributed by atoms with E-state index in [4.69, 9.17) is 11.6 Å². The molecule has 16 heavy (non-hydrogen) atoms. The predicted octanol–water partition coefficient (Wildman–Crippen LogP) is 2.96. The maximum Gasteiger partial charge on any atom is 0.141 e. The average Bonchev–Trinajstić information content (AvgIpc) is 2.75. The molecule has 0 saturated carbocycles. The third kappa shape index (κ3) is 2.39.